The first-order chi connectivity index (χ1) is 16.4. The number of carbonyl (C=O) groups excluding carboxylic acids is 2. The number of benzene rings is 2. The summed E-state index contributed by atoms with van der Waals surface area (Å²) in [7, 11) is 3.13. The number of piperidine rings is 1. The second kappa shape index (κ2) is 10.3. The highest BCUT2D eigenvalue weighted by Crippen LogP contribution is 2.41. The maximum Gasteiger partial charge on any atom is 0.282 e. The van der Waals surface area contributed by atoms with Gasteiger partial charge in [-0.15, -0.1) is 0 Å². The molecule has 2 aliphatic rings. The number of carbonyl (C=O) groups is 2. The van der Waals surface area contributed by atoms with Crippen molar-refractivity contribution in [3.05, 3.63) is 70.8 Å². The molecule has 0 spiro atoms. The van der Waals surface area contributed by atoms with E-state index in [9.17, 15) is 9.59 Å². The Bertz CT molecular complexity index is 998. The summed E-state index contributed by atoms with van der Waals surface area (Å²) in [5, 5.41) is 6.49. The number of methoxy groups -OCH3 is 2. The fourth-order valence-electron chi connectivity index (χ4n) is 5.03. The third-order valence-corrected chi connectivity index (χ3v) is 6.76. The molecule has 2 unspecified atom stereocenters. The monoisotopic (exact) mass is 465 g/mol. The lowest BCUT2D eigenvalue weighted by atomic mass is 9.90. The predicted molar refractivity (Wildman–Crippen MR) is 130 cm³/mol. The molecule has 0 bridgehead atoms. The van der Waals surface area contributed by atoms with Gasteiger partial charge in [0.2, 0.25) is 5.91 Å². The summed E-state index contributed by atoms with van der Waals surface area (Å²) in [6, 6.07) is 15.1. The van der Waals surface area contributed by atoms with Crippen LogP contribution in [0, 0.1) is 19.8 Å². The molecule has 7 nitrogen and oxygen atoms in total. The van der Waals surface area contributed by atoms with Crippen LogP contribution in [0.25, 0.3) is 0 Å². The largest absolute Gasteiger partial charge is 0.348 e. The van der Waals surface area contributed by atoms with Gasteiger partial charge in [-0.1, -0.05) is 47.5 Å². The second-order valence-corrected chi connectivity index (χ2v) is 9.35. The molecule has 2 fully saturated rings. The van der Waals surface area contributed by atoms with Crippen LogP contribution in [0.2, 0.25) is 0 Å². The first-order valence-corrected chi connectivity index (χ1v) is 12.0. The van der Waals surface area contributed by atoms with E-state index in [-0.39, 0.29) is 23.9 Å². The summed E-state index contributed by atoms with van der Waals surface area (Å²) in [6.45, 7) is 5.18. The molecule has 2 aromatic rings. The van der Waals surface area contributed by atoms with Crippen molar-refractivity contribution in [2.45, 2.75) is 51.1 Å². The molecule has 2 N–H and O–H groups in total. The molecular weight excluding hydrogens is 430 g/mol. The molecule has 2 atom stereocenters. The van der Waals surface area contributed by atoms with Gasteiger partial charge in [0.05, 0.1) is 5.92 Å². The third-order valence-electron chi connectivity index (χ3n) is 6.76. The van der Waals surface area contributed by atoms with E-state index in [0.717, 1.165) is 36.1 Å². The lowest BCUT2D eigenvalue weighted by Gasteiger charge is -2.44. The molecule has 0 aromatic heterocycles. The van der Waals surface area contributed by atoms with Crippen LogP contribution in [-0.4, -0.2) is 56.1 Å². The first-order valence-electron chi connectivity index (χ1n) is 12.0. The van der Waals surface area contributed by atoms with Crippen molar-refractivity contribution < 1.29 is 19.1 Å². The van der Waals surface area contributed by atoms with Gasteiger partial charge in [-0.25, -0.2) is 0 Å². The summed E-state index contributed by atoms with van der Waals surface area (Å²) in [6.07, 6.45) is 2.46. The molecule has 34 heavy (non-hydrogen) atoms. The van der Waals surface area contributed by atoms with E-state index in [2.05, 4.69) is 10.6 Å². The van der Waals surface area contributed by atoms with Crippen LogP contribution in [0.4, 0.5) is 0 Å². The maximum absolute atomic E-state index is 14.1. The molecule has 1 saturated heterocycles. The van der Waals surface area contributed by atoms with E-state index < -0.39 is 11.8 Å². The van der Waals surface area contributed by atoms with Crippen LogP contribution < -0.4 is 10.6 Å². The number of nitrogens with one attached hydrogen (secondary N) is 2. The Kier molecular flexibility index (Phi) is 7.36. The van der Waals surface area contributed by atoms with Crippen molar-refractivity contribution >= 4 is 11.8 Å². The van der Waals surface area contributed by atoms with Crippen molar-refractivity contribution in [3.8, 4) is 0 Å². The SMILES string of the molecule is COC(OC)(c1ccccc1)N(C(=O)C1CNCCC1NC(=O)c1cc(C)cc(C)c1)C1CC1. The number of amides is 2. The van der Waals surface area contributed by atoms with Crippen molar-refractivity contribution in [3.63, 3.8) is 0 Å². The molecule has 1 aliphatic heterocycles. The molecule has 2 amide bonds. The number of rotatable bonds is 8. The number of ether oxygens (including phenoxy) is 2. The minimum atomic E-state index is -1.32. The van der Waals surface area contributed by atoms with Gasteiger partial charge in [0.1, 0.15) is 0 Å². The van der Waals surface area contributed by atoms with Gasteiger partial charge in [-0.2, -0.15) is 0 Å². The topological polar surface area (TPSA) is 79.9 Å². The minimum Gasteiger partial charge on any atom is -0.348 e. The van der Waals surface area contributed by atoms with Gasteiger partial charge < -0.3 is 20.1 Å². The van der Waals surface area contributed by atoms with E-state index in [0.29, 0.717) is 18.5 Å². The third kappa shape index (κ3) is 4.87. The molecule has 1 heterocycles. The van der Waals surface area contributed by atoms with Crippen molar-refractivity contribution in [2.75, 3.05) is 27.3 Å². The number of hydrogen-bond donors (Lipinski definition) is 2. The second-order valence-electron chi connectivity index (χ2n) is 9.35. The van der Waals surface area contributed by atoms with Crippen LogP contribution in [0.15, 0.2) is 48.5 Å². The van der Waals surface area contributed by atoms with E-state index in [4.69, 9.17) is 9.47 Å². The fourth-order valence-corrected chi connectivity index (χ4v) is 5.03. The molecule has 1 saturated carbocycles. The normalized spacial score (nSPS) is 20.6. The average molecular weight is 466 g/mol. The first kappa shape index (κ1) is 24.4. The zero-order chi connectivity index (χ0) is 24.3. The Morgan fingerprint density at radius 1 is 1.00 bits per heavy atom. The standard InChI is InChI=1S/C27H35N3O4/c1-18-14-19(2)16-20(15-18)25(31)29-24-12-13-28-17-23(24)26(32)30(22-10-11-22)27(33-3,34-4)21-8-6-5-7-9-21/h5-9,14-16,22-24,28H,10-13,17H2,1-4H3,(H,29,31). The molecule has 1 aliphatic carbocycles. The van der Waals surface area contributed by atoms with Crippen LogP contribution in [0.5, 0.6) is 0 Å². The van der Waals surface area contributed by atoms with Gasteiger partial charge in [-0.3, -0.25) is 14.5 Å². The van der Waals surface area contributed by atoms with E-state index in [1.807, 2.05) is 62.4 Å². The lowest BCUT2D eigenvalue weighted by molar-refractivity contribution is -0.302. The van der Waals surface area contributed by atoms with Crippen molar-refractivity contribution in [1.82, 2.24) is 15.5 Å². The van der Waals surface area contributed by atoms with E-state index in [1.165, 1.54) is 0 Å². The van der Waals surface area contributed by atoms with Crippen molar-refractivity contribution in [1.29, 1.82) is 0 Å². The van der Waals surface area contributed by atoms with Crippen LogP contribution >= 0.6 is 0 Å². The summed E-state index contributed by atoms with van der Waals surface area (Å²) in [4.78, 5) is 29.0. The summed E-state index contributed by atoms with van der Waals surface area (Å²) >= 11 is 0. The van der Waals surface area contributed by atoms with Crippen LogP contribution in [0.3, 0.4) is 0 Å². The smallest absolute Gasteiger partial charge is 0.282 e. The average Bonchev–Trinajstić information content (AvgIpc) is 3.67. The Morgan fingerprint density at radius 2 is 1.65 bits per heavy atom. The zero-order valence-electron chi connectivity index (χ0n) is 20.5. The Hall–Kier alpha value is -2.74. The van der Waals surface area contributed by atoms with Gasteiger partial charge in [-0.05, 0) is 51.8 Å². The zero-order valence-corrected chi connectivity index (χ0v) is 20.5. The van der Waals surface area contributed by atoms with Gasteiger partial charge in [0.25, 0.3) is 11.8 Å². The molecule has 7 heteroatoms. The Balaban J connectivity index is 1.62. The van der Waals surface area contributed by atoms with Gasteiger partial charge in [0.15, 0.2) is 0 Å². The van der Waals surface area contributed by atoms with E-state index in [1.54, 1.807) is 19.1 Å². The summed E-state index contributed by atoms with van der Waals surface area (Å²) < 4.78 is 11.9. The summed E-state index contributed by atoms with van der Waals surface area (Å²) in [5.74, 6) is -1.98. The van der Waals surface area contributed by atoms with E-state index >= 15 is 0 Å². The molecule has 0 radical (unpaired) electrons. The molecule has 182 valence electrons. The maximum atomic E-state index is 14.1. The predicted octanol–water partition coefficient (Wildman–Crippen LogP) is 3.11. The highest BCUT2D eigenvalue weighted by Gasteiger charge is 2.52. The summed E-state index contributed by atoms with van der Waals surface area (Å²) in [5.41, 5.74) is 3.46. The Labute approximate surface area is 201 Å². The number of hydrogen-bond acceptors (Lipinski definition) is 5. The highest BCUT2D eigenvalue weighted by molar-refractivity contribution is 5.95. The van der Waals surface area contributed by atoms with Crippen LogP contribution in [-0.2, 0) is 20.2 Å². The number of aryl methyl sites for hydroxylation is 2. The van der Waals surface area contributed by atoms with Gasteiger partial charge >= 0.3 is 0 Å². The minimum absolute atomic E-state index is 0.0327. The quantitative estimate of drug-likeness (QED) is 0.586. The molecular formula is C27H35N3O4. The lowest BCUT2D eigenvalue weighted by Crippen LogP contribution is -2.61. The molecule has 2 aromatic carbocycles. The number of nitrogens with zero attached hydrogens (tertiary/aromatic N) is 1. The fraction of sp³-hybridized carbons (Fsp3) is 0.481. The van der Waals surface area contributed by atoms with Gasteiger partial charge in [0, 0.05) is 44.0 Å². The Morgan fingerprint density at radius 3 is 2.24 bits per heavy atom. The van der Waals surface area contributed by atoms with Crippen LogP contribution in [0.1, 0.15) is 46.3 Å². The highest BCUT2D eigenvalue weighted by atomic mass is 16.7. The van der Waals surface area contributed by atoms with Crippen molar-refractivity contribution in [2.24, 2.45) is 5.92 Å². The molecule has 4 rings (SSSR count).